The van der Waals surface area contributed by atoms with E-state index in [2.05, 4.69) is 10.2 Å². The normalized spacial score (nSPS) is 19.7. The maximum atomic E-state index is 12.4. The largest absolute Gasteiger partial charge is 0.480 e. The quantitative estimate of drug-likeness (QED) is 0.675. The molecular formula is C13H18N4O4S2. The van der Waals surface area contributed by atoms with Crippen LogP contribution in [0.3, 0.4) is 0 Å². The molecule has 0 bridgehead atoms. The molecule has 0 aliphatic carbocycles. The third-order valence-corrected chi connectivity index (χ3v) is 5.38. The van der Waals surface area contributed by atoms with Crippen molar-refractivity contribution < 1.29 is 19.5 Å². The van der Waals surface area contributed by atoms with Gasteiger partial charge in [-0.1, -0.05) is 25.2 Å². The molecule has 2 amide bonds. The van der Waals surface area contributed by atoms with Crippen LogP contribution in [-0.4, -0.2) is 50.1 Å². The summed E-state index contributed by atoms with van der Waals surface area (Å²) >= 11 is 2.32. The van der Waals surface area contributed by atoms with E-state index in [0.717, 1.165) is 28.1 Å². The Bertz CT molecular complexity index is 619. The predicted octanol–water partition coefficient (Wildman–Crippen LogP) is 0.514. The summed E-state index contributed by atoms with van der Waals surface area (Å²) in [5, 5.41) is 17.1. The number of carboxylic acids is 1. The van der Waals surface area contributed by atoms with E-state index in [-0.39, 0.29) is 29.1 Å². The average molecular weight is 358 g/mol. The summed E-state index contributed by atoms with van der Waals surface area (Å²) in [5.41, 5.74) is 5.42. The molecule has 2 unspecified atom stereocenters. The summed E-state index contributed by atoms with van der Waals surface area (Å²) in [6, 6.07) is -1.06. The first-order chi connectivity index (χ1) is 10.8. The van der Waals surface area contributed by atoms with Crippen LogP contribution in [-0.2, 0) is 20.8 Å². The van der Waals surface area contributed by atoms with Crippen LogP contribution in [0.25, 0.3) is 0 Å². The minimum absolute atomic E-state index is 0.0228. The van der Waals surface area contributed by atoms with E-state index in [9.17, 15) is 14.4 Å². The molecule has 0 saturated carbocycles. The fraction of sp³-hybridized carbons (Fsp3) is 0.615. The molecular weight excluding hydrogens is 340 g/mol. The van der Waals surface area contributed by atoms with Crippen molar-refractivity contribution in [2.45, 2.75) is 38.0 Å². The number of carbonyl (C=O) groups is 3. The van der Waals surface area contributed by atoms with Gasteiger partial charge in [0.05, 0.1) is 5.25 Å². The fourth-order valence-electron chi connectivity index (χ4n) is 1.99. The van der Waals surface area contributed by atoms with E-state index in [4.69, 9.17) is 10.8 Å². The Hall–Kier alpha value is -1.52. The first-order valence-electron chi connectivity index (χ1n) is 7.08. The highest BCUT2D eigenvalue weighted by Gasteiger charge is 2.41. The molecule has 0 spiro atoms. The molecule has 0 aromatic carbocycles. The number of amides is 2. The highest BCUT2D eigenvalue weighted by Crippen LogP contribution is 2.32. The minimum atomic E-state index is -1.13. The third kappa shape index (κ3) is 4.27. The third-order valence-electron chi connectivity index (χ3n) is 3.13. The second-order valence-corrected chi connectivity index (χ2v) is 7.89. The van der Waals surface area contributed by atoms with E-state index in [1.165, 1.54) is 11.3 Å². The van der Waals surface area contributed by atoms with Gasteiger partial charge in [0.25, 0.3) is 0 Å². The number of nitrogens with zero attached hydrogens (tertiary/aromatic N) is 3. The molecule has 3 N–H and O–H groups in total. The number of anilines is 1. The number of rotatable bonds is 7. The number of aliphatic carboxylic acids is 1. The van der Waals surface area contributed by atoms with Crippen LogP contribution in [0.1, 0.15) is 25.3 Å². The lowest BCUT2D eigenvalue weighted by molar-refractivity contribution is -0.138. The number of hydrogen-bond acceptors (Lipinski definition) is 8. The van der Waals surface area contributed by atoms with Gasteiger partial charge in [-0.15, -0.1) is 22.0 Å². The van der Waals surface area contributed by atoms with Crippen molar-refractivity contribution in [2.75, 3.05) is 10.7 Å². The van der Waals surface area contributed by atoms with Crippen LogP contribution in [0.5, 0.6) is 0 Å². The summed E-state index contributed by atoms with van der Waals surface area (Å²) in [7, 11) is 0. The van der Waals surface area contributed by atoms with Crippen molar-refractivity contribution in [1.29, 1.82) is 0 Å². The van der Waals surface area contributed by atoms with Gasteiger partial charge in [0, 0.05) is 18.6 Å². The molecule has 1 fully saturated rings. The lowest BCUT2D eigenvalue weighted by atomic mass is 10.1. The summed E-state index contributed by atoms with van der Waals surface area (Å²) in [6.45, 7) is 4.09. The molecule has 2 atom stereocenters. The van der Waals surface area contributed by atoms with Gasteiger partial charge < -0.3 is 10.8 Å². The topological polar surface area (TPSA) is 126 Å². The smallest absolute Gasteiger partial charge is 0.321 e. The molecule has 2 rings (SSSR count). The monoisotopic (exact) mass is 358 g/mol. The molecule has 1 aromatic rings. The van der Waals surface area contributed by atoms with Crippen molar-refractivity contribution >= 4 is 46.0 Å². The molecule has 126 valence electrons. The zero-order chi connectivity index (χ0) is 17.1. The van der Waals surface area contributed by atoms with Crippen LogP contribution in [0.4, 0.5) is 5.13 Å². The predicted molar refractivity (Wildman–Crippen MR) is 87.4 cm³/mol. The van der Waals surface area contributed by atoms with Crippen LogP contribution in [0, 0.1) is 5.92 Å². The van der Waals surface area contributed by atoms with E-state index in [1.54, 1.807) is 0 Å². The molecule has 10 heteroatoms. The highest BCUT2D eigenvalue weighted by molar-refractivity contribution is 8.00. The zero-order valence-corrected chi connectivity index (χ0v) is 14.4. The van der Waals surface area contributed by atoms with Crippen LogP contribution in [0.2, 0.25) is 0 Å². The molecule has 0 radical (unpaired) electrons. The number of carbonyl (C=O) groups excluding carboxylic acids is 2. The summed E-state index contributed by atoms with van der Waals surface area (Å²) in [5.74, 6) is -1.38. The van der Waals surface area contributed by atoms with Gasteiger partial charge in [-0.2, -0.15) is 0 Å². The summed E-state index contributed by atoms with van der Waals surface area (Å²) < 4.78 is 0. The molecule has 1 saturated heterocycles. The van der Waals surface area contributed by atoms with Crippen molar-refractivity contribution in [3.05, 3.63) is 5.01 Å². The lowest BCUT2D eigenvalue weighted by Gasteiger charge is -2.11. The maximum absolute atomic E-state index is 12.4. The Labute approximate surface area is 141 Å². The number of carboxylic acid groups (broad SMARTS) is 1. The molecule has 23 heavy (non-hydrogen) atoms. The van der Waals surface area contributed by atoms with Gasteiger partial charge in [0.2, 0.25) is 16.9 Å². The fourth-order valence-corrected chi connectivity index (χ4v) is 4.16. The molecule has 2 heterocycles. The molecule has 1 aliphatic rings. The number of hydrogen-bond donors (Lipinski definition) is 2. The molecule has 8 nitrogen and oxygen atoms in total. The maximum Gasteiger partial charge on any atom is 0.321 e. The number of thioether (sulfide) groups is 1. The molecule has 1 aromatic heterocycles. The summed E-state index contributed by atoms with van der Waals surface area (Å²) in [4.78, 5) is 36.2. The van der Waals surface area contributed by atoms with E-state index in [0.29, 0.717) is 5.92 Å². The second kappa shape index (κ2) is 7.37. The van der Waals surface area contributed by atoms with Crippen LogP contribution in [0.15, 0.2) is 0 Å². The lowest BCUT2D eigenvalue weighted by Crippen LogP contribution is -2.35. The standard InChI is InChI=1S/C13H18N4O4S2/c1-6(2)3-9-15-16-13(23-9)17-10(18)4-8(11(17)19)22-5-7(14)12(20)21/h6-8H,3-5,14H2,1-2H3,(H,20,21). The van der Waals surface area contributed by atoms with Crippen LogP contribution >= 0.6 is 23.1 Å². The Morgan fingerprint density at radius 3 is 2.78 bits per heavy atom. The van der Waals surface area contributed by atoms with Gasteiger partial charge in [0.15, 0.2) is 0 Å². The van der Waals surface area contributed by atoms with Crippen LogP contribution < -0.4 is 10.6 Å². The van der Waals surface area contributed by atoms with Crippen molar-refractivity contribution in [3.8, 4) is 0 Å². The highest BCUT2D eigenvalue weighted by atomic mass is 32.2. The van der Waals surface area contributed by atoms with Gasteiger partial charge in [-0.05, 0) is 5.92 Å². The molecule has 1 aliphatic heterocycles. The van der Waals surface area contributed by atoms with Gasteiger partial charge in [-0.25, -0.2) is 4.90 Å². The van der Waals surface area contributed by atoms with Gasteiger partial charge in [-0.3, -0.25) is 14.4 Å². The first kappa shape index (κ1) is 17.8. The number of imide groups is 1. The minimum Gasteiger partial charge on any atom is -0.480 e. The van der Waals surface area contributed by atoms with E-state index < -0.39 is 17.3 Å². The average Bonchev–Trinajstić information content (AvgIpc) is 3.00. The zero-order valence-electron chi connectivity index (χ0n) is 12.8. The Kier molecular flexibility index (Phi) is 5.71. The Morgan fingerprint density at radius 2 is 2.17 bits per heavy atom. The van der Waals surface area contributed by atoms with E-state index >= 15 is 0 Å². The van der Waals surface area contributed by atoms with Crippen molar-refractivity contribution in [2.24, 2.45) is 11.7 Å². The first-order valence-corrected chi connectivity index (χ1v) is 8.95. The SMILES string of the molecule is CC(C)Cc1nnc(N2C(=O)CC(SCC(N)C(=O)O)C2=O)s1. The Balaban J connectivity index is 2.03. The number of aromatic nitrogens is 2. The van der Waals surface area contributed by atoms with Gasteiger partial charge >= 0.3 is 5.97 Å². The summed E-state index contributed by atoms with van der Waals surface area (Å²) in [6.07, 6.45) is 0.758. The Morgan fingerprint density at radius 1 is 1.48 bits per heavy atom. The van der Waals surface area contributed by atoms with E-state index in [1.807, 2.05) is 13.8 Å². The van der Waals surface area contributed by atoms with Crippen molar-refractivity contribution in [3.63, 3.8) is 0 Å². The van der Waals surface area contributed by atoms with Gasteiger partial charge in [0.1, 0.15) is 11.0 Å². The van der Waals surface area contributed by atoms with Crippen molar-refractivity contribution in [1.82, 2.24) is 10.2 Å². The second-order valence-electron chi connectivity index (χ2n) is 5.61. The number of nitrogens with two attached hydrogens (primary N) is 1.